The first-order chi connectivity index (χ1) is 15.5. The first-order valence-corrected chi connectivity index (χ1v) is 11.6. The third-order valence-electron chi connectivity index (χ3n) is 4.91. The Morgan fingerprint density at radius 1 is 1.21 bits per heavy atom. The van der Waals surface area contributed by atoms with E-state index in [0.29, 0.717) is 21.7 Å². The second kappa shape index (κ2) is 8.90. The predicted octanol–water partition coefficient (Wildman–Crippen LogP) is 4.28. The van der Waals surface area contributed by atoms with Crippen molar-refractivity contribution < 1.29 is 28.4 Å². The molecule has 3 aromatic rings. The Balaban J connectivity index is 1.77. The minimum absolute atomic E-state index is 0.0280. The molecule has 1 unspecified atom stereocenters. The number of hydrogen-bond acceptors (Lipinski definition) is 5. The van der Waals surface area contributed by atoms with Crippen LogP contribution in [0.5, 0.6) is 5.88 Å². The fourth-order valence-electron chi connectivity index (χ4n) is 3.39. The molecule has 0 fully saturated rings. The average molecular weight is 514 g/mol. The molecule has 0 amide bonds. The summed E-state index contributed by atoms with van der Waals surface area (Å²) < 4.78 is 31.0. The Bertz CT molecular complexity index is 1390. The van der Waals surface area contributed by atoms with E-state index in [2.05, 4.69) is 14.5 Å². The molecule has 1 aromatic heterocycles. The van der Waals surface area contributed by atoms with E-state index >= 15 is 0 Å². The third kappa shape index (κ3) is 4.81. The first-order valence-electron chi connectivity index (χ1n) is 9.28. The highest BCUT2D eigenvalue weighted by Crippen LogP contribution is 2.40. The van der Waals surface area contributed by atoms with Crippen LogP contribution < -0.4 is 5.69 Å². The molecule has 0 aliphatic carbocycles. The van der Waals surface area contributed by atoms with Crippen LogP contribution in [-0.2, 0) is 9.09 Å². The molecular weight excluding hydrogens is 499 g/mol. The molecule has 1 aliphatic rings. The van der Waals surface area contributed by atoms with E-state index in [-0.39, 0.29) is 16.4 Å². The van der Waals surface area contributed by atoms with Crippen LogP contribution in [0.2, 0.25) is 10.0 Å². The van der Waals surface area contributed by atoms with Crippen LogP contribution >= 0.6 is 31.0 Å². The number of nitrogens with one attached hydrogen (secondary N) is 1. The highest BCUT2D eigenvalue weighted by Gasteiger charge is 2.27. The van der Waals surface area contributed by atoms with Crippen LogP contribution in [0, 0.1) is 5.82 Å². The molecule has 33 heavy (non-hydrogen) atoms. The van der Waals surface area contributed by atoms with Crippen molar-refractivity contribution in [1.29, 1.82) is 0 Å². The number of rotatable bonds is 6. The number of phosphoric acid groups is 1. The van der Waals surface area contributed by atoms with Crippen LogP contribution in [0.1, 0.15) is 22.9 Å². The van der Waals surface area contributed by atoms with Crippen molar-refractivity contribution >= 4 is 54.6 Å². The van der Waals surface area contributed by atoms with E-state index in [1.54, 1.807) is 6.07 Å². The number of aromatic nitrogens is 2. The minimum atomic E-state index is -4.87. The van der Waals surface area contributed by atoms with Gasteiger partial charge in [-0.1, -0.05) is 41.4 Å². The molecular formula is C20H15Cl2FN3O6P. The fraction of sp³-hybridized carbons (Fsp3) is 0.100. The molecule has 1 atom stereocenters. The summed E-state index contributed by atoms with van der Waals surface area (Å²) in [4.78, 5) is 37.4. The van der Waals surface area contributed by atoms with Crippen molar-refractivity contribution in [3.63, 3.8) is 0 Å². The summed E-state index contributed by atoms with van der Waals surface area (Å²) in [6.45, 7) is -0.624. The number of phosphoric ester groups is 1. The lowest BCUT2D eigenvalue weighted by molar-refractivity contribution is 0.175. The highest BCUT2D eigenvalue weighted by molar-refractivity contribution is 7.46. The largest absolute Gasteiger partial charge is 0.493 e. The zero-order chi connectivity index (χ0) is 23.9. The van der Waals surface area contributed by atoms with E-state index in [4.69, 9.17) is 33.0 Å². The number of halogens is 3. The number of fused-ring (bicyclic) bond motifs is 1. The van der Waals surface area contributed by atoms with E-state index < -0.39 is 37.9 Å². The molecule has 2 heterocycles. The molecule has 2 aromatic carbocycles. The summed E-state index contributed by atoms with van der Waals surface area (Å²) >= 11 is 11.7. The fourth-order valence-corrected chi connectivity index (χ4v) is 4.01. The second-order valence-corrected chi connectivity index (χ2v) is 9.09. The monoisotopic (exact) mass is 513 g/mol. The molecule has 4 N–H and O–H groups in total. The Morgan fingerprint density at radius 2 is 1.91 bits per heavy atom. The van der Waals surface area contributed by atoms with Gasteiger partial charge in [0.1, 0.15) is 11.4 Å². The van der Waals surface area contributed by atoms with Crippen LogP contribution in [0.15, 0.2) is 46.2 Å². The number of nitrogens with zero attached hydrogens (tertiary/aromatic N) is 2. The third-order valence-corrected chi connectivity index (χ3v) is 5.94. The van der Waals surface area contributed by atoms with Gasteiger partial charge < -0.3 is 19.9 Å². The quantitative estimate of drug-likeness (QED) is 0.363. The predicted molar refractivity (Wildman–Crippen MR) is 122 cm³/mol. The van der Waals surface area contributed by atoms with Gasteiger partial charge in [-0.2, -0.15) is 0 Å². The summed E-state index contributed by atoms with van der Waals surface area (Å²) in [5.74, 6) is -1.22. The van der Waals surface area contributed by atoms with Crippen LogP contribution in [0.3, 0.4) is 0 Å². The number of H-pyrrole nitrogens is 1. The van der Waals surface area contributed by atoms with Gasteiger partial charge in [0.05, 0.1) is 17.7 Å². The standard InChI is InChI=1S/C20H15Cl2FN3O6P/c21-12-3-1-10(2-4-12)16(9-32-33(29,30)31)26-19(27)15(25-20(26)28)7-11-8-24-18-13(11)5-6-14(22)17(18)23/h1-8,16,27H,9H2,(H,25,28)(H2,29,30,31)/b11-7+. The molecule has 0 saturated heterocycles. The van der Waals surface area contributed by atoms with Gasteiger partial charge in [-0.05, 0) is 29.8 Å². The van der Waals surface area contributed by atoms with Crippen LogP contribution in [-0.4, -0.2) is 37.3 Å². The zero-order valence-corrected chi connectivity index (χ0v) is 18.9. The maximum Gasteiger partial charge on any atom is 0.469 e. The lowest BCUT2D eigenvalue weighted by Gasteiger charge is -2.19. The molecule has 1 aliphatic heterocycles. The average Bonchev–Trinajstić information content (AvgIpc) is 3.27. The zero-order valence-electron chi connectivity index (χ0n) is 16.4. The molecule has 9 nitrogen and oxygen atoms in total. The first kappa shape index (κ1) is 23.4. The van der Waals surface area contributed by atoms with Gasteiger partial charge in [0.25, 0.3) is 0 Å². The van der Waals surface area contributed by atoms with Gasteiger partial charge in [0.15, 0.2) is 5.82 Å². The van der Waals surface area contributed by atoms with E-state index in [0.717, 1.165) is 4.57 Å². The number of aromatic amines is 1. The van der Waals surface area contributed by atoms with E-state index in [1.807, 2.05) is 0 Å². The van der Waals surface area contributed by atoms with Crippen molar-refractivity contribution in [2.75, 3.05) is 6.61 Å². The van der Waals surface area contributed by atoms with E-state index in [1.165, 1.54) is 42.6 Å². The topological polar surface area (TPSA) is 137 Å². The summed E-state index contributed by atoms with van der Waals surface area (Å²) in [6.07, 6.45) is 2.74. The molecule has 0 spiro atoms. The SMILES string of the molecule is O=c1[nH]c(/C=C2\C=Nc3c2ccc(Cl)c3F)c(O)n1C(COP(=O)(O)O)c1ccc(Cl)cc1. The van der Waals surface area contributed by atoms with Gasteiger partial charge in [-0.25, -0.2) is 13.8 Å². The minimum Gasteiger partial charge on any atom is -0.493 e. The van der Waals surface area contributed by atoms with Gasteiger partial charge in [0, 0.05) is 22.4 Å². The second-order valence-electron chi connectivity index (χ2n) is 7.01. The maximum absolute atomic E-state index is 14.2. The Labute approximate surface area is 195 Å². The summed E-state index contributed by atoms with van der Waals surface area (Å²) in [6, 6.07) is 7.90. The Kier molecular flexibility index (Phi) is 6.32. The molecule has 0 saturated carbocycles. The number of benzene rings is 2. The highest BCUT2D eigenvalue weighted by atomic mass is 35.5. The smallest absolute Gasteiger partial charge is 0.469 e. The van der Waals surface area contributed by atoms with Gasteiger partial charge in [-0.3, -0.25) is 14.1 Å². The van der Waals surface area contributed by atoms with Crippen LogP contribution in [0.4, 0.5) is 10.1 Å². The van der Waals surface area contributed by atoms with E-state index in [9.17, 15) is 18.9 Å². The van der Waals surface area contributed by atoms with Crippen molar-refractivity contribution in [1.82, 2.24) is 9.55 Å². The normalized spacial score (nSPS) is 15.2. The molecule has 4 rings (SSSR count). The number of imidazole rings is 1. The molecule has 0 radical (unpaired) electrons. The summed E-state index contributed by atoms with van der Waals surface area (Å²) in [5.41, 5.74) is 0.436. The Morgan fingerprint density at radius 3 is 2.58 bits per heavy atom. The number of hydrogen-bond donors (Lipinski definition) is 4. The van der Waals surface area contributed by atoms with Gasteiger partial charge in [0.2, 0.25) is 5.88 Å². The van der Waals surface area contributed by atoms with Crippen LogP contribution in [0.25, 0.3) is 11.6 Å². The van der Waals surface area contributed by atoms with Crippen molar-refractivity contribution in [3.8, 4) is 5.88 Å². The number of allylic oxidation sites excluding steroid dienone is 1. The molecule has 172 valence electrons. The van der Waals surface area contributed by atoms with Crippen molar-refractivity contribution in [2.24, 2.45) is 4.99 Å². The lowest BCUT2D eigenvalue weighted by atomic mass is 10.1. The maximum atomic E-state index is 14.2. The Hall–Kier alpha value is -2.72. The summed E-state index contributed by atoms with van der Waals surface area (Å²) in [5, 5.41) is 11.1. The van der Waals surface area contributed by atoms with Crippen molar-refractivity contribution in [3.05, 3.63) is 79.6 Å². The number of aliphatic imine (C=N–C) groups is 1. The molecule has 0 bridgehead atoms. The lowest BCUT2D eigenvalue weighted by Crippen LogP contribution is -2.26. The number of aromatic hydroxyl groups is 1. The van der Waals surface area contributed by atoms with Gasteiger partial charge in [-0.15, -0.1) is 0 Å². The molecule has 13 heteroatoms. The summed E-state index contributed by atoms with van der Waals surface area (Å²) in [7, 11) is -4.87. The van der Waals surface area contributed by atoms with Gasteiger partial charge >= 0.3 is 13.5 Å². The van der Waals surface area contributed by atoms with Crippen molar-refractivity contribution in [2.45, 2.75) is 6.04 Å².